The van der Waals surface area contributed by atoms with Crippen LogP contribution in [0.15, 0.2) is 66.5 Å². The molecule has 6 nitrogen and oxygen atoms in total. The molecule has 0 saturated carbocycles. The third-order valence-electron chi connectivity index (χ3n) is 3.83. The normalized spacial score (nSPS) is 10.0. The molecule has 0 bridgehead atoms. The highest BCUT2D eigenvalue weighted by molar-refractivity contribution is 5.86. The molecule has 0 radical (unpaired) electrons. The van der Waals surface area contributed by atoms with Crippen molar-refractivity contribution in [1.82, 2.24) is 5.32 Å². The van der Waals surface area contributed by atoms with Gasteiger partial charge in [-0.05, 0) is 60.7 Å². The van der Waals surface area contributed by atoms with Crippen LogP contribution in [0.1, 0.15) is 24.0 Å². The molecule has 2 aromatic carbocycles. The van der Waals surface area contributed by atoms with Crippen LogP contribution in [0.25, 0.3) is 0 Å². The van der Waals surface area contributed by atoms with Gasteiger partial charge in [-0.15, -0.1) is 4.91 Å². The lowest BCUT2D eigenvalue weighted by Crippen LogP contribution is -2.19. The number of nitrogens with one attached hydrogen (secondary N) is 2. The molecular weight excluding hydrogens is 330 g/mol. The van der Waals surface area contributed by atoms with Crippen molar-refractivity contribution in [3.63, 3.8) is 0 Å². The summed E-state index contributed by atoms with van der Waals surface area (Å²) in [4.78, 5) is 21.2. The highest BCUT2D eigenvalue weighted by Gasteiger charge is 1.99. The van der Waals surface area contributed by atoms with E-state index < -0.39 is 0 Å². The molecule has 2 rings (SSSR count). The molecule has 0 aliphatic carbocycles. The summed E-state index contributed by atoms with van der Waals surface area (Å²) in [5, 5.41) is 5.37. The topological polar surface area (TPSA) is 79.8 Å². The monoisotopic (exact) mass is 353 g/mol. The summed E-state index contributed by atoms with van der Waals surface area (Å²) in [5.41, 5.74) is 5.29. The van der Waals surface area contributed by atoms with Gasteiger partial charge in [0.15, 0.2) is 0 Å². The number of unbranched alkanes of at least 4 members (excludes halogenated alkanes) is 1. The fraction of sp³-hybridized carbons (Fsp3) is 0.250. The quantitative estimate of drug-likeness (QED) is 0.277. The van der Waals surface area contributed by atoms with Crippen molar-refractivity contribution in [1.29, 1.82) is 0 Å². The largest absolute Gasteiger partial charge is 0.494 e. The third-order valence-corrected chi connectivity index (χ3v) is 3.83. The number of nitrogens with zero attached hydrogens (tertiary/aromatic N) is 1. The van der Waals surface area contributed by atoms with Crippen LogP contribution in [0, 0.1) is 4.91 Å². The second-order valence-corrected chi connectivity index (χ2v) is 5.77. The van der Waals surface area contributed by atoms with Gasteiger partial charge in [-0.1, -0.05) is 30.8 Å². The van der Waals surface area contributed by atoms with E-state index in [1.54, 1.807) is 0 Å². The Labute approximate surface area is 153 Å². The second kappa shape index (κ2) is 10.7. The highest BCUT2D eigenvalue weighted by atomic mass is 16.5. The molecule has 6 heteroatoms. The van der Waals surface area contributed by atoms with Gasteiger partial charge in [0.2, 0.25) is 5.91 Å². The molecule has 136 valence electrons. The molecule has 0 unspecified atom stereocenters. The first-order chi connectivity index (χ1) is 12.7. The van der Waals surface area contributed by atoms with Crippen molar-refractivity contribution in [2.45, 2.75) is 25.8 Å². The zero-order valence-electron chi connectivity index (χ0n) is 14.6. The van der Waals surface area contributed by atoms with Crippen LogP contribution in [-0.2, 0) is 17.8 Å². The molecule has 2 aromatic rings. The van der Waals surface area contributed by atoms with Crippen LogP contribution in [0.5, 0.6) is 5.75 Å². The summed E-state index contributed by atoms with van der Waals surface area (Å²) < 4.78 is 5.74. The Kier molecular flexibility index (Phi) is 7.86. The van der Waals surface area contributed by atoms with Gasteiger partial charge in [-0.3, -0.25) is 4.79 Å². The lowest BCUT2D eigenvalue weighted by atomic mass is 10.1. The van der Waals surface area contributed by atoms with Crippen molar-refractivity contribution in [3.8, 4) is 5.75 Å². The number of benzene rings is 2. The third kappa shape index (κ3) is 6.76. The number of rotatable bonds is 11. The number of nitroso groups, excluding NO2 is 1. The number of hydrogen-bond donors (Lipinski definition) is 2. The molecule has 0 atom stereocenters. The summed E-state index contributed by atoms with van der Waals surface area (Å²) in [6, 6.07) is 15.3. The van der Waals surface area contributed by atoms with E-state index in [1.807, 2.05) is 48.5 Å². The zero-order chi connectivity index (χ0) is 18.6. The van der Waals surface area contributed by atoms with Gasteiger partial charge in [-0.2, -0.15) is 0 Å². The van der Waals surface area contributed by atoms with Gasteiger partial charge in [0.1, 0.15) is 5.75 Å². The molecule has 0 saturated heterocycles. The van der Waals surface area contributed by atoms with Crippen LogP contribution in [0.2, 0.25) is 0 Å². The minimum Gasteiger partial charge on any atom is -0.494 e. The van der Waals surface area contributed by atoms with Crippen LogP contribution >= 0.6 is 0 Å². The predicted octanol–water partition coefficient (Wildman–Crippen LogP) is 3.98. The average Bonchev–Trinajstić information content (AvgIpc) is 2.68. The fourth-order valence-electron chi connectivity index (χ4n) is 2.38. The number of hydrogen-bond acceptors (Lipinski definition) is 4. The number of carbonyl (C=O) groups excluding carboxylic acids is 1. The first-order valence-electron chi connectivity index (χ1n) is 8.50. The van der Waals surface area contributed by atoms with Crippen molar-refractivity contribution < 1.29 is 9.53 Å². The minimum atomic E-state index is -0.184. The van der Waals surface area contributed by atoms with E-state index in [4.69, 9.17) is 4.74 Å². The molecule has 1 amide bonds. The van der Waals surface area contributed by atoms with Crippen molar-refractivity contribution >= 4 is 11.6 Å². The van der Waals surface area contributed by atoms with E-state index in [1.165, 1.54) is 11.6 Å². The van der Waals surface area contributed by atoms with Crippen LogP contribution in [-0.4, -0.2) is 12.5 Å². The summed E-state index contributed by atoms with van der Waals surface area (Å²) >= 11 is 0. The molecule has 0 aliphatic rings. The average molecular weight is 353 g/mol. The Morgan fingerprint density at radius 2 is 1.73 bits per heavy atom. The first-order valence-corrected chi connectivity index (χ1v) is 8.50. The maximum Gasteiger partial charge on any atom is 0.243 e. The van der Waals surface area contributed by atoms with E-state index in [-0.39, 0.29) is 5.91 Å². The predicted molar refractivity (Wildman–Crippen MR) is 103 cm³/mol. The molecule has 0 spiro atoms. The Hall–Kier alpha value is -3.15. The van der Waals surface area contributed by atoms with Gasteiger partial charge in [-0.25, -0.2) is 5.43 Å². The second-order valence-electron chi connectivity index (χ2n) is 5.77. The van der Waals surface area contributed by atoms with E-state index in [0.29, 0.717) is 18.8 Å². The Morgan fingerprint density at radius 3 is 2.38 bits per heavy atom. The Balaban J connectivity index is 1.64. The number of amides is 1. The SMILES string of the molecule is C=CC(=O)NCc1ccc(OCCCCc2ccc(NN=O)cc2)cc1. The molecule has 0 fully saturated rings. The van der Waals surface area contributed by atoms with Gasteiger partial charge in [0.05, 0.1) is 17.6 Å². The molecule has 26 heavy (non-hydrogen) atoms. The van der Waals surface area contributed by atoms with Gasteiger partial charge >= 0.3 is 0 Å². The van der Waals surface area contributed by atoms with Gasteiger partial charge < -0.3 is 10.1 Å². The van der Waals surface area contributed by atoms with Crippen molar-refractivity contribution in [2.75, 3.05) is 12.0 Å². The van der Waals surface area contributed by atoms with Crippen molar-refractivity contribution in [3.05, 3.63) is 77.2 Å². The summed E-state index contributed by atoms with van der Waals surface area (Å²) in [7, 11) is 0. The molecule has 0 heterocycles. The van der Waals surface area contributed by atoms with E-state index in [2.05, 4.69) is 22.6 Å². The summed E-state index contributed by atoms with van der Waals surface area (Å²) in [5.74, 6) is 0.636. The van der Waals surface area contributed by atoms with E-state index in [9.17, 15) is 9.70 Å². The zero-order valence-corrected chi connectivity index (χ0v) is 14.6. The highest BCUT2D eigenvalue weighted by Crippen LogP contribution is 2.14. The molecule has 0 aromatic heterocycles. The molecule has 2 N–H and O–H groups in total. The maximum absolute atomic E-state index is 11.1. The van der Waals surface area contributed by atoms with Gasteiger partial charge in [0, 0.05) is 6.54 Å². The standard InChI is InChI=1S/C20H23N3O3/c1-2-20(24)21-15-17-8-12-19(13-9-17)26-14-4-3-5-16-6-10-18(11-7-16)22-23-25/h2,6-13H,1,3-5,14-15H2,(H,21,24)(H,22,25). The van der Waals surface area contributed by atoms with Crippen LogP contribution < -0.4 is 15.5 Å². The smallest absolute Gasteiger partial charge is 0.243 e. The van der Waals surface area contributed by atoms with Crippen LogP contribution in [0.4, 0.5) is 5.69 Å². The van der Waals surface area contributed by atoms with Crippen molar-refractivity contribution in [2.24, 2.45) is 5.29 Å². The molecular formula is C20H23N3O3. The summed E-state index contributed by atoms with van der Waals surface area (Å²) in [6.07, 6.45) is 4.18. The summed E-state index contributed by atoms with van der Waals surface area (Å²) in [6.45, 7) is 4.54. The lowest BCUT2D eigenvalue weighted by molar-refractivity contribution is -0.116. The van der Waals surface area contributed by atoms with Gasteiger partial charge in [0.25, 0.3) is 0 Å². The van der Waals surface area contributed by atoms with E-state index in [0.717, 1.165) is 30.6 Å². The fourth-order valence-corrected chi connectivity index (χ4v) is 2.38. The molecule has 0 aliphatic heterocycles. The lowest BCUT2D eigenvalue weighted by Gasteiger charge is -2.08. The van der Waals surface area contributed by atoms with Crippen LogP contribution in [0.3, 0.4) is 0 Å². The number of aryl methyl sites for hydroxylation is 1. The number of anilines is 1. The maximum atomic E-state index is 11.1. The number of carbonyl (C=O) groups is 1. The van der Waals surface area contributed by atoms with E-state index >= 15 is 0 Å². The minimum absolute atomic E-state index is 0.184. The number of ether oxygens (including phenoxy) is 1. The Morgan fingerprint density at radius 1 is 1.04 bits per heavy atom. The Bertz CT molecular complexity index is 712. The first kappa shape index (κ1) is 19.2.